The molecule has 1 heterocycles. The summed E-state index contributed by atoms with van der Waals surface area (Å²) < 4.78 is 35.7. The van der Waals surface area contributed by atoms with Crippen LogP contribution in [-0.2, 0) is 20.8 Å². The maximum absolute atomic E-state index is 11.5. The predicted octanol–water partition coefficient (Wildman–Crippen LogP) is 0.288. The molecule has 2 N–H and O–H groups in total. The molecule has 0 fully saturated rings. The van der Waals surface area contributed by atoms with Crippen LogP contribution < -0.4 is 10.2 Å². The fourth-order valence-corrected chi connectivity index (χ4v) is 3.51. The number of sulfonamides is 1. The van der Waals surface area contributed by atoms with Crippen LogP contribution in [0.25, 0.3) is 16.9 Å². The van der Waals surface area contributed by atoms with Gasteiger partial charge in [-0.2, -0.15) is 5.10 Å². The smallest absolute Gasteiger partial charge is 0.238 e. The Balaban J connectivity index is 2.12. The number of rotatable bonds is 5. The minimum absolute atomic E-state index is 0.0742. The van der Waals surface area contributed by atoms with Crippen LogP contribution in [0.3, 0.4) is 0 Å². The summed E-state index contributed by atoms with van der Waals surface area (Å²) in [6, 6.07) is 13.6. The van der Waals surface area contributed by atoms with Crippen LogP contribution in [0.4, 0.5) is 0 Å². The first-order chi connectivity index (χ1) is 12.7. The second-order valence-electron chi connectivity index (χ2n) is 5.63. The number of carbonyl (C=O) groups excluding carboxylic acids is 1. The van der Waals surface area contributed by atoms with Crippen molar-refractivity contribution in [3.63, 3.8) is 0 Å². The minimum atomic E-state index is -3.85. The highest BCUT2D eigenvalue weighted by molar-refractivity contribution is 7.89. The second kappa shape index (κ2) is 7.06. The Morgan fingerprint density at radius 2 is 1.70 bits per heavy atom. The molecule has 140 valence electrons. The second-order valence-corrected chi connectivity index (χ2v) is 8.57. The molecule has 0 aliphatic rings. The third-order valence-corrected chi connectivity index (χ3v) is 5.68. The number of nitrogens with two attached hydrogens (primary N) is 1. The highest BCUT2D eigenvalue weighted by Crippen LogP contribution is 2.25. The Labute approximate surface area is 157 Å². The lowest BCUT2D eigenvalue weighted by atomic mass is 10.1. The Kier molecular flexibility index (Phi) is 4.96. The van der Waals surface area contributed by atoms with E-state index in [9.17, 15) is 22.5 Å². The van der Waals surface area contributed by atoms with Gasteiger partial charge in [0.25, 0.3) is 0 Å². The highest BCUT2D eigenvalue weighted by Gasteiger charge is 2.14. The molecule has 1 atom stereocenters. The summed E-state index contributed by atoms with van der Waals surface area (Å²) in [5.41, 5.74) is 1.25. The van der Waals surface area contributed by atoms with E-state index in [0.717, 1.165) is 0 Å². The third-order valence-electron chi connectivity index (χ3n) is 3.81. The monoisotopic (exact) mass is 404 g/mol. The number of hydrogen-bond donors (Lipinski definition) is 1. The van der Waals surface area contributed by atoms with Crippen molar-refractivity contribution in [2.24, 2.45) is 5.14 Å². The Morgan fingerprint density at radius 3 is 2.19 bits per heavy atom. The number of carbonyl (C=O) groups is 1. The molecular weight excluding hydrogens is 390 g/mol. The average Bonchev–Trinajstić information content (AvgIpc) is 3.07. The van der Waals surface area contributed by atoms with E-state index in [-0.39, 0.29) is 10.6 Å². The van der Waals surface area contributed by atoms with Crippen molar-refractivity contribution < 1.29 is 22.5 Å². The molecule has 0 amide bonds. The van der Waals surface area contributed by atoms with E-state index in [1.165, 1.54) is 35.0 Å². The van der Waals surface area contributed by atoms with Crippen molar-refractivity contribution in [2.45, 2.75) is 9.79 Å². The Morgan fingerprint density at radius 1 is 1.11 bits per heavy atom. The van der Waals surface area contributed by atoms with Gasteiger partial charge in [0.1, 0.15) is 5.69 Å². The molecule has 27 heavy (non-hydrogen) atoms. The summed E-state index contributed by atoms with van der Waals surface area (Å²) in [5.74, 6) is -1.44. The molecule has 3 aromatic rings. The number of carboxylic acid groups (broad SMARTS) is 1. The van der Waals surface area contributed by atoms with E-state index in [1.54, 1.807) is 30.5 Å². The van der Waals surface area contributed by atoms with E-state index in [2.05, 4.69) is 5.10 Å². The zero-order chi connectivity index (χ0) is 19.8. The first-order valence-electron chi connectivity index (χ1n) is 7.55. The molecule has 0 spiro atoms. The first-order valence-corrected chi connectivity index (χ1v) is 10.7. The maximum atomic E-state index is 11.5. The summed E-state index contributed by atoms with van der Waals surface area (Å²) in [6.45, 7) is 0. The summed E-state index contributed by atoms with van der Waals surface area (Å²) in [5, 5.41) is 20.3. The van der Waals surface area contributed by atoms with E-state index < -0.39 is 26.8 Å². The molecular formula is C17H14N3O5S2-. The third kappa shape index (κ3) is 3.97. The number of benzene rings is 2. The van der Waals surface area contributed by atoms with Crippen LogP contribution in [-0.4, -0.2) is 34.6 Å². The number of carboxylic acids is 1. The standard InChI is InChI=1S/C17H15N3O5S2/c1-26(23)13-6-2-11(3-7-13)16-10-15(17(21)22)19-20(16)12-4-8-14(9-5-12)27(18,24)25/h2-10H,1H3,(H,21,22)(H2,18,24,25)/p-1. The van der Waals surface area contributed by atoms with Crippen LogP contribution in [0.5, 0.6) is 0 Å². The number of aromatic nitrogens is 2. The Bertz CT molecular complexity index is 1130. The van der Waals surface area contributed by atoms with E-state index in [4.69, 9.17) is 5.14 Å². The fraction of sp³-hybridized carbons (Fsp3) is 0.0588. The van der Waals surface area contributed by atoms with Crippen molar-refractivity contribution in [3.05, 3.63) is 60.3 Å². The van der Waals surface area contributed by atoms with Gasteiger partial charge in [-0.1, -0.05) is 12.1 Å². The highest BCUT2D eigenvalue weighted by atomic mass is 32.2. The zero-order valence-corrected chi connectivity index (χ0v) is 15.7. The topological polar surface area (TPSA) is 135 Å². The van der Waals surface area contributed by atoms with E-state index in [0.29, 0.717) is 21.8 Å². The van der Waals surface area contributed by atoms with Crippen LogP contribution in [0.2, 0.25) is 0 Å². The van der Waals surface area contributed by atoms with Gasteiger partial charge in [-0.3, -0.25) is 4.21 Å². The van der Waals surface area contributed by atoms with Gasteiger partial charge in [0.2, 0.25) is 10.0 Å². The number of primary sulfonamides is 1. The van der Waals surface area contributed by atoms with Crippen molar-refractivity contribution in [1.82, 2.24) is 9.78 Å². The average molecular weight is 404 g/mol. The van der Waals surface area contributed by atoms with Crippen molar-refractivity contribution in [2.75, 3.05) is 6.26 Å². The molecule has 2 aromatic carbocycles. The van der Waals surface area contributed by atoms with Gasteiger partial charge < -0.3 is 9.90 Å². The van der Waals surface area contributed by atoms with Crippen LogP contribution in [0.15, 0.2) is 64.4 Å². The minimum Gasteiger partial charge on any atom is -0.543 e. The summed E-state index contributed by atoms with van der Waals surface area (Å²) in [4.78, 5) is 11.8. The van der Waals surface area contributed by atoms with E-state index in [1.807, 2.05) is 0 Å². The molecule has 1 aromatic heterocycles. The molecule has 3 rings (SSSR count). The molecule has 0 aliphatic carbocycles. The van der Waals surface area contributed by atoms with Crippen molar-refractivity contribution in [3.8, 4) is 16.9 Å². The van der Waals surface area contributed by atoms with Crippen LogP contribution in [0, 0.1) is 0 Å². The lowest BCUT2D eigenvalue weighted by molar-refractivity contribution is -0.255. The van der Waals surface area contributed by atoms with Gasteiger partial charge in [0.05, 0.1) is 22.2 Å². The number of hydrogen-bond acceptors (Lipinski definition) is 6. The molecule has 0 saturated carbocycles. The van der Waals surface area contributed by atoms with Gasteiger partial charge in [-0.05, 0) is 42.5 Å². The summed E-state index contributed by atoms with van der Waals surface area (Å²) >= 11 is 0. The molecule has 0 saturated heterocycles. The van der Waals surface area contributed by atoms with Gasteiger partial charge in [-0.15, -0.1) is 0 Å². The van der Waals surface area contributed by atoms with Gasteiger partial charge in [0.15, 0.2) is 0 Å². The zero-order valence-electron chi connectivity index (χ0n) is 14.0. The van der Waals surface area contributed by atoms with Gasteiger partial charge >= 0.3 is 0 Å². The Hall–Kier alpha value is -2.82. The number of nitrogens with zero attached hydrogens (tertiary/aromatic N) is 2. The SMILES string of the molecule is CS(=O)c1ccc(-c2cc(C(=O)[O-])nn2-c2ccc(S(N)(=O)=O)cc2)cc1. The van der Waals surface area contributed by atoms with E-state index >= 15 is 0 Å². The molecule has 0 aliphatic heterocycles. The lowest BCUT2D eigenvalue weighted by Gasteiger charge is -2.09. The van der Waals surface area contributed by atoms with Gasteiger partial charge in [-0.25, -0.2) is 18.2 Å². The fourth-order valence-electron chi connectivity index (χ4n) is 2.48. The molecule has 1 unspecified atom stereocenters. The van der Waals surface area contributed by atoms with Crippen molar-refractivity contribution >= 4 is 26.8 Å². The maximum Gasteiger partial charge on any atom is 0.238 e. The van der Waals surface area contributed by atoms with Crippen LogP contribution >= 0.6 is 0 Å². The van der Waals surface area contributed by atoms with Crippen molar-refractivity contribution in [1.29, 1.82) is 0 Å². The number of aromatic carboxylic acids is 1. The first kappa shape index (κ1) is 19.0. The summed E-state index contributed by atoms with van der Waals surface area (Å²) in [7, 11) is -4.99. The van der Waals surface area contributed by atoms with Gasteiger partial charge in [0, 0.05) is 27.5 Å². The van der Waals surface area contributed by atoms with Crippen LogP contribution in [0.1, 0.15) is 10.5 Å². The quantitative estimate of drug-likeness (QED) is 0.649. The lowest BCUT2D eigenvalue weighted by Crippen LogP contribution is -2.22. The largest absolute Gasteiger partial charge is 0.543 e. The molecule has 0 bridgehead atoms. The predicted molar refractivity (Wildman–Crippen MR) is 97.0 cm³/mol. The normalized spacial score (nSPS) is 12.7. The summed E-state index contributed by atoms with van der Waals surface area (Å²) in [6.07, 6.45) is 1.56. The molecule has 10 heteroatoms. The molecule has 8 nitrogen and oxygen atoms in total. The molecule has 0 radical (unpaired) electrons.